The summed E-state index contributed by atoms with van der Waals surface area (Å²) in [5.41, 5.74) is 0.738. The van der Waals surface area contributed by atoms with Crippen LogP contribution in [0.5, 0.6) is 0 Å². The number of hydrogen-bond donors (Lipinski definition) is 1. The number of benzene rings is 1. The van der Waals surface area contributed by atoms with Gasteiger partial charge >= 0.3 is 5.97 Å². The van der Waals surface area contributed by atoms with Crippen LogP contribution in [0.3, 0.4) is 0 Å². The van der Waals surface area contributed by atoms with E-state index in [0.29, 0.717) is 0 Å². The van der Waals surface area contributed by atoms with E-state index in [4.69, 9.17) is 5.26 Å². The predicted molar refractivity (Wildman–Crippen MR) is 98.9 cm³/mol. The maximum Gasteiger partial charge on any atom is 0.345 e. The van der Waals surface area contributed by atoms with Gasteiger partial charge < -0.3 is 4.89 Å². The highest BCUT2D eigenvalue weighted by Crippen LogP contribution is 2.35. The summed E-state index contributed by atoms with van der Waals surface area (Å²) >= 11 is 0. The fraction of sp³-hybridized carbons (Fsp3) is 0.667. The van der Waals surface area contributed by atoms with Crippen LogP contribution in [-0.2, 0) is 15.1 Å². The SMILES string of the molecule is CCCCCCCCCCC(C(=O)OO)C(C)(C)c1ccccc1. The Morgan fingerprint density at radius 2 is 1.54 bits per heavy atom. The molecular formula is C21H34O3. The van der Waals surface area contributed by atoms with Crippen LogP contribution in [0.15, 0.2) is 30.3 Å². The zero-order valence-electron chi connectivity index (χ0n) is 15.6. The zero-order chi connectivity index (χ0) is 17.8. The highest BCUT2D eigenvalue weighted by Gasteiger charge is 2.37. The number of hydrogen-bond acceptors (Lipinski definition) is 3. The molecule has 0 aromatic heterocycles. The zero-order valence-corrected chi connectivity index (χ0v) is 15.6. The fourth-order valence-electron chi connectivity index (χ4n) is 3.39. The Morgan fingerprint density at radius 1 is 1.00 bits per heavy atom. The molecule has 0 saturated carbocycles. The van der Waals surface area contributed by atoms with Gasteiger partial charge in [-0.2, -0.15) is 5.26 Å². The van der Waals surface area contributed by atoms with Crippen LogP contribution in [-0.4, -0.2) is 11.2 Å². The van der Waals surface area contributed by atoms with E-state index in [2.05, 4.69) is 25.7 Å². The third kappa shape index (κ3) is 6.64. The monoisotopic (exact) mass is 334 g/mol. The average Bonchev–Trinajstić information content (AvgIpc) is 2.60. The molecule has 1 unspecified atom stereocenters. The summed E-state index contributed by atoms with van der Waals surface area (Å²) in [6, 6.07) is 10.00. The molecule has 3 nitrogen and oxygen atoms in total. The summed E-state index contributed by atoms with van der Waals surface area (Å²) in [4.78, 5) is 16.2. The molecule has 0 saturated heterocycles. The molecule has 0 amide bonds. The summed E-state index contributed by atoms with van der Waals surface area (Å²) in [5, 5.41) is 8.89. The number of carbonyl (C=O) groups is 1. The largest absolute Gasteiger partial charge is 0.345 e. The summed E-state index contributed by atoms with van der Waals surface area (Å²) in [7, 11) is 0. The molecule has 1 rings (SSSR count). The third-order valence-corrected chi connectivity index (χ3v) is 5.11. The van der Waals surface area contributed by atoms with Gasteiger partial charge in [-0.05, 0) is 12.0 Å². The molecule has 0 aliphatic carbocycles. The number of unbranched alkanes of at least 4 members (excludes halogenated alkanes) is 7. The number of rotatable bonds is 12. The summed E-state index contributed by atoms with van der Waals surface area (Å²) < 4.78 is 0. The van der Waals surface area contributed by atoms with Crippen molar-refractivity contribution in [3.8, 4) is 0 Å². The first kappa shape index (κ1) is 20.7. The van der Waals surface area contributed by atoms with Crippen molar-refractivity contribution >= 4 is 5.97 Å². The maximum absolute atomic E-state index is 12.1. The van der Waals surface area contributed by atoms with E-state index in [0.717, 1.165) is 24.8 Å². The predicted octanol–water partition coefficient (Wildman–Crippen LogP) is 6.13. The first-order chi connectivity index (χ1) is 11.5. The van der Waals surface area contributed by atoms with Crippen molar-refractivity contribution in [1.29, 1.82) is 0 Å². The van der Waals surface area contributed by atoms with Gasteiger partial charge in [-0.15, -0.1) is 0 Å². The van der Waals surface area contributed by atoms with Crippen molar-refractivity contribution in [2.75, 3.05) is 0 Å². The maximum atomic E-state index is 12.1. The van der Waals surface area contributed by atoms with Crippen molar-refractivity contribution in [3.63, 3.8) is 0 Å². The molecule has 1 atom stereocenters. The van der Waals surface area contributed by atoms with E-state index in [1.54, 1.807) is 0 Å². The minimum absolute atomic E-state index is 0.329. The molecule has 3 heteroatoms. The van der Waals surface area contributed by atoms with Gasteiger partial charge in [-0.3, -0.25) is 0 Å². The van der Waals surface area contributed by atoms with E-state index in [1.165, 1.54) is 38.5 Å². The van der Waals surface area contributed by atoms with Gasteiger partial charge in [0.1, 0.15) is 0 Å². The highest BCUT2D eigenvalue weighted by molar-refractivity contribution is 5.73. The first-order valence-corrected chi connectivity index (χ1v) is 9.44. The lowest BCUT2D eigenvalue weighted by Crippen LogP contribution is -2.35. The molecule has 1 aromatic rings. The Labute approximate surface area is 147 Å². The van der Waals surface area contributed by atoms with Crippen molar-refractivity contribution < 1.29 is 14.9 Å². The van der Waals surface area contributed by atoms with E-state index >= 15 is 0 Å². The van der Waals surface area contributed by atoms with E-state index in [-0.39, 0.29) is 11.3 Å². The van der Waals surface area contributed by atoms with Crippen LogP contribution in [0.1, 0.15) is 84.1 Å². The first-order valence-electron chi connectivity index (χ1n) is 9.44. The number of carbonyl (C=O) groups excluding carboxylic acids is 1. The topological polar surface area (TPSA) is 46.5 Å². The van der Waals surface area contributed by atoms with Crippen molar-refractivity contribution in [1.82, 2.24) is 0 Å². The van der Waals surface area contributed by atoms with Gasteiger partial charge in [0, 0.05) is 5.41 Å². The molecule has 0 aliphatic rings. The Morgan fingerprint density at radius 3 is 2.08 bits per heavy atom. The molecule has 136 valence electrons. The van der Waals surface area contributed by atoms with Gasteiger partial charge in [0.15, 0.2) is 0 Å². The highest BCUT2D eigenvalue weighted by atomic mass is 17.1. The standard InChI is InChI=1S/C21H34O3/c1-4-5-6-7-8-9-10-14-17-19(20(22)24-23)21(2,3)18-15-12-11-13-16-18/h11-13,15-16,19,23H,4-10,14,17H2,1-3H3. The second kappa shape index (κ2) is 11.2. The van der Waals surface area contributed by atoms with Crippen molar-refractivity contribution in [2.24, 2.45) is 5.92 Å². The van der Waals surface area contributed by atoms with Crippen LogP contribution < -0.4 is 0 Å². The molecule has 0 radical (unpaired) electrons. The van der Waals surface area contributed by atoms with Gasteiger partial charge in [-0.25, -0.2) is 4.79 Å². The molecule has 0 fully saturated rings. The van der Waals surface area contributed by atoms with Gasteiger partial charge in [0.25, 0.3) is 0 Å². The Balaban J connectivity index is 2.50. The van der Waals surface area contributed by atoms with E-state index in [9.17, 15) is 4.79 Å². The van der Waals surface area contributed by atoms with Crippen LogP contribution >= 0.6 is 0 Å². The van der Waals surface area contributed by atoms with Crippen molar-refractivity contribution in [3.05, 3.63) is 35.9 Å². The molecule has 0 aliphatic heterocycles. The molecule has 0 spiro atoms. The lowest BCUT2D eigenvalue weighted by molar-refractivity contribution is -0.241. The lowest BCUT2D eigenvalue weighted by atomic mass is 9.71. The molecule has 0 heterocycles. The van der Waals surface area contributed by atoms with Crippen LogP contribution in [0.2, 0.25) is 0 Å². The quantitative estimate of drug-likeness (QED) is 0.284. The second-order valence-electron chi connectivity index (χ2n) is 7.31. The molecule has 1 N–H and O–H groups in total. The van der Waals surface area contributed by atoms with E-state index < -0.39 is 5.97 Å². The van der Waals surface area contributed by atoms with Crippen LogP contribution in [0.4, 0.5) is 0 Å². The smallest absolute Gasteiger partial charge is 0.301 e. The minimum atomic E-state index is -0.521. The molecular weight excluding hydrogens is 300 g/mol. The van der Waals surface area contributed by atoms with Crippen LogP contribution in [0, 0.1) is 5.92 Å². The Kier molecular flexibility index (Phi) is 9.70. The van der Waals surface area contributed by atoms with Crippen LogP contribution in [0.25, 0.3) is 0 Å². The molecule has 0 bridgehead atoms. The summed E-state index contributed by atoms with van der Waals surface area (Å²) in [6.45, 7) is 6.33. The minimum Gasteiger partial charge on any atom is -0.301 e. The van der Waals surface area contributed by atoms with Gasteiger partial charge in [0.2, 0.25) is 0 Å². The summed E-state index contributed by atoms with van der Waals surface area (Å²) in [6.07, 6.45) is 10.6. The third-order valence-electron chi connectivity index (χ3n) is 5.11. The fourth-order valence-corrected chi connectivity index (χ4v) is 3.39. The molecule has 1 aromatic carbocycles. The molecule has 24 heavy (non-hydrogen) atoms. The summed E-state index contributed by atoms with van der Waals surface area (Å²) in [5.74, 6) is -0.850. The van der Waals surface area contributed by atoms with Crippen molar-refractivity contribution in [2.45, 2.75) is 84.0 Å². The Hall–Kier alpha value is -1.35. The Bertz CT molecular complexity index is 453. The average molecular weight is 334 g/mol. The van der Waals surface area contributed by atoms with E-state index in [1.807, 2.05) is 30.3 Å². The second-order valence-corrected chi connectivity index (χ2v) is 7.31. The lowest BCUT2D eigenvalue weighted by Gasteiger charge is -2.32. The van der Waals surface area contributed by atoms with Gasteiger partial charge in [-0.1, -0.05) is 102 Å². The normalized spacial score (nSPS) is 12.8. The van der Waals surface area contributed by atoms with Gasteiger partial charge in [0.05, 0.1) is 5.92 Å².